The van der Waals surface area contributed by atoms with E-state index in [-0.39, 0.29) is 10.6 Å². The number of nitrogens with two attached hydrogens (primary N) is 1. The van der Waals surface area contributed by atoms with Gasteiger partial charge >= 0.3 is 0 Å². The molecule has 5 nitrogen and oxygen atoms in total. The Kier molecular flexibility index (Phi) is 3.80. The van der Waals surface area contributed by atoms with E-state index in [4.69, 9.17) is 10.5 Å². The second-order valence-electron chi connectivity index (χ2n) is 5.01. The second kappa shape index (κ2) is 5.07. The van der Waals surface area contributed by atoms with Crippen LogP contribution in [0.3, 0.4) is 0 Å². The summed E-state index contributed by atoms with van der Waals surface area (Å²) in [5, 5.41) is 0. The maximum absolute atomic E-state index is 13.3. The molecule has 1 saturated heterocycles. The molecule has 0 radical (unpaired) electrons. The predicted molar refractivity (Wildman–Crippen MR) is 69.6 cm³/mol. The summed E-state index contributed by atoms with van der Waals surface area (Å²) in [6.07, 6.45) is 1.47. The Balaban J connectivity index is 2.24. The molecule has 19 heavy (non-hydrogen) atoms. The smallest absolute Gasteiger partial charge is 0.241 e. The van der Waals surface area contributed by atoms with Crippen molar-refractivity contribution in [2.45, 2.75) is 30.2 Å². The van der Waals surface area contributed by atoms with Crippen molar-refractivity contribution in [3.05, 3.63) is 24.0 Å². The minimum absolute atomic E-state index is 0.0776. The van der Waals surface area contributed by atoms with Crippen LogP contribution >= 0.6 is 0 Å². The molecule has 1 aromatic rings. The average molecular weight is 288 g/mol. The second-order valence-corrected chi connectivity index (χ2v) is 6.69. The molecule has 1 heterocycles. The summed E-state index contributed by atoms with van der Waals surface area (Å²) in [6.45, 7) is 2.72. The van der Waals surface area contributed by atoms with Gasteiger partial charge in [0.1, 0.15) is 5.82 Å². The number of anilines is 1. The lowest BCUT2D eigenvalue weighted by Gasteiger charge is -2.33. The molecule has 1 aliphatic heterocycles. The normalized spacial score (nSPS) is 24.3. The number of ether oxygens (including phenoxy) is 1. The molecule has 7 heteroatoms. The molecule has 106 valence electrons. The standard InChI is InChI=1S/C12H17FN2O3S/c1-12(5-2-6-18-8-12)15-19(16,17)9-3-4-11(14)10(13)7-9/h3-4,7,15H,2,5-6,8,14H2,1H3. The van der Waals surface area contributed by atoms with Crippen LogP contribution in [-0.2, 0) is 14.8 Å². The van der Waals surface area contributed by atoms with Crippen molar-refractivity contribution in [1.29, 1.82) is 0 Å². The Bertz CT molecular complexity index is 568. The number of benzene rings is 1. The van der Waals surface area contributed by atoms with Crippen LogP contribution in [0.1, 0.15) is 19.8 Å². The monoisotopic (exact) mass is 288 g/mol. The van der Waals surface area contributed by atoms with Gasteiger partial charge in [0.2, 0.25) is 10.0 Å². The molecule has 1 atom stereocenters. The maximum atomic E-state index is 13.3. The van der Waals surface area contributed by atoms with Gasteiger partial charge in [-0.05, 0) is 38.0 Å². The highest BCUT2D eigenvalue weighted by Crippen LogP contribution is 2.23. The quantitative estimate of drug-likeness (QED) is 0.820. The first-order chi connectivity index (χ1) is 8.82. The molecule has 2 rings (SSSR count). The lowest BCUT2D eigenvalue weighted by Crippen LogP contribution is -2.51. The molecule has 1 aliphatic rings. The van der Waals surface area contributed by atoms with E-state index in [1.54, 1.807) is 6.92 Å². The van der Waals surface area contributed by atoms with Gasteiger partial charge in [0, 0.05) is 6.61 Å². The summed E-state index contributed by atoms with van der Waals surface area (Å²) in [7, 11) is -3.78. The molecule has 0 bridgehead atoms. The number of hydrogen-bond donors (Lipinski definition) is 2. The van der Waals surface area contributed by atoms with Gasteiger partial charge in [-0.1, -0.05) is 0 Å². The van der Waals surface area contributed by atoms with Gasteiger partial charge in [-0.2, -0.15) is 0 Å². The third-order valence-corrected chi connectivity index (χ3v) is 4.74. The molecule has 0 spiro atoms. The van der Waals surface area contributed by atoms with Gasteiger partial charge in [-0.25, -0.2) is 17.5 Å². The van der Waals surface area contributed by atoms with Crippen LogP contribution in [0.2, 0.25) is 0 Å². The fourth-order valence-corrected chi connectivity index (χ4v) is 3.51. The van der Waals surface area contributed by atoms with Gasteiger partial charge < -0.3 is 10.5 Å². The van der Waals surface area contributed by atoms with Crippen molar-refractivity contribution in [2.24, 2.45) is 0 Å². The largest absolute Gasteiger partial charge is 0.396 e. The zero-order valence-corrected chi connectivity index (χ0v) is 11.5. The number of nitrogen functional groups attached to an aromatic ring is 1. The zero-order valence-electron chi connectivity index (χ0n) is 10.6. The van der Waals surface area contributed by atoms with Crippen LogP contribution in [0.25, 0.3) is 0 Å². The van der Waals surface area contributed by atoms with E-state index in [0.717, 1.165) is 12.5 Å². The van der Waals surface area contributed by atoms with E-state index in [9.17, 15) is 12.8 Å². The first-order valence-electron chi connectivity index (χ1n) is 5.99. The maximum Gasteiger partial charge on any atom is 0.241 e. The minimum atomic E-state index is -3.78. The zero-order chi connectivity index (χ0) is 14.1. The average Bonchev–Trinajstić information content (AvgIpc) is 2.32. The first kappa shape index (κ1) is 14.2. The molecular weight excluding hydrogens is 271 g/mol. The molecule has 3 N–H and O–H groups in total. The third-order valence-electron chi connectivity index (χ3n) is 3.10. The highest BCUT2D eigenvalue weighted by molar-refractivity contribution is 7.89. The van der Waals surface area contributed by atoms with Crippen LogP contribution in [0, 0.1) is 5.82 Å². The number of rotatable bonds is 3. The minimum Gasteiger partial charge on any atom is -0.396 e. The SMILES string of the molecule is CC1(NS(=O)(=O)c2ccc(N)c(F)c2)CCCOC1. The first-order valence-corrected chi connectivity index (χ1v) is 7.47. The molecular formula is C12H17FN2O3S. The number of halogens is 1. The summed E-state index contributed by atoms with van der Waals surface area (Å²) < 4.78 is 45.6. The van der Waals surface area contributed by atoms with Gasteiger partial charge in [0.15, 0.2) is 0 Å². The summed E-state index contributed by atoms with van der Waals surface area (Å²) in [5.41, 5.74) is 4.60. The van der Waals surface area contributed by atoms with Gasteiger partial charge in [0.25, 0.3) is 0 Å². The summed E-state index contributed by atoms with van der Waals surface area (Å²) in [6, 6.07) is 3.45. The molecule has 1 aromatic carbocycles. The van der Waals surface area contributed by atoms with E-state index < -0.39 is 21.4 Å². The van der Waals surface area contributed by atoms with E-state index in [2.05, 4.69) is 4.72 Å². The molecule has 0 aliphatic carbocycles. The van der Waals surface area contributed by atoms with Crippen LogP contribution in [0.15, 0.2) is 23.1 Å². The Labute approximate surface area is 112 Å². The van der Waals surface area contributed by atoms with Gasteiger partial charge in [0.05, 0.1) is 22.7 Å². The Morgan fingerprint density at radius 3 is 2.79 bits per heavy atom. The van der Waals surface area contributed by atoms with Gasteiger partial charge in [-0.15, -0.1) is 0 Å². The fraction of sp³-hybridized carbons (Fsp3) is 0.500. The number of sulfonamides is 1. The van der Waals surface area contributed by atoms with E-state index in [0.29, 0.717) is 19.6 Å². The van der Waals surface area contributed by atoms with Crippen LogP contribution < -0.4 is 10.5 Å². The van der Waals surface area contributed by atoms with Crippen molar-refractivity contribution < 1.29 is 17.5 Å². The van der Waals surface area contributed by atoms with Gasteiger partial charge in [-0.3, -0.25) is 0 Å². The summed E-state index contributed by atoms with van der Waals surface area (Å²) in [5.74, 6) is -0.743. The molecule has 0 aromatic heterocycles. The van der Waals surface area contributed by atoms with Crippen molar-refractivity contribution in [1.82, 2.24) is 4.72 Å². The highest BCUT2D eigenvalue weighted by atomic mass is 32.2. The lowest BCUT2D eigenvalue weighted by atomic mass is 9.97. The van der Waals surface area contributed by atoms with E-state index >= 15 is 0 Å². The molecule has 0 saturated carbocycles. The number of nitrogens with one attached hydrogen (secondary N) is 1. The van der Waals surface area contributed by atoms with Crippen LogP contribution in [-0.4, -0.2) is 27.2 Å². The van der Waals surface area contributed by atoms with E-state index in [1.165, 1.54) is 12.1 Å². The molecule has 1 fully saturated rings. The summed E-state index contributed by atoms with van der Waals surface area (Å²) in [4.78, 5) is -0.133. The Morgan fingerprint density at radius 1 is 1.47 bits per heavy atom. The van der Waals surface area contributed by atoms with Crippen molar-refractivity contribution in [3.8, 4) is 0 Å². The Morgan fingerprint density at radius 2 is 2.21 bits per heavy atom. The van der Waals surface area contributed by atoms with Crippen LogP contribution in [0.5, 0.6) is 0 Å². The predicted octanol–water partition coefficient (Wildman–Crippen LogP) is 1.26. The van der Waals surface area contributed by atoms with Crippen LogP contribution in [0.4, 0.5) is 10.1 Å². The topological polar surface area (TPSA) is 81.4 Å². The molecule has 0 amide bonds. The summed E-state index contributed by atoms with van der Waals surface area (Å²) >= 11 is 0. The number of hydrogen-bond acceptors (Lipinski definition) is 4. The Hall–Kier alpha value is -1.18. The van der Waals surface area contributed by atoms with Crippen molar-refractivity contribution >= 4 is 15.7 Å². The highest BCUT2D eigenvalue weighted by Gasteiger charge is 2.33. The molecule has 1 unspecified atom stereocenters. The van der Waals surface area contributed by atoms with Crippen molar-refractivity contribution in [3.63, 3.8) is 0 Å². The van der Waals surface area contributed by atoms with E-state index in [1.807, 2.05) is 0 Å². The van der Waals surface area contributed by atoms with Crippen molar-refractivity contribution in [2.75, 3.05) is 18.9 Å². The fourth-order valence-electron chi connectivity index (χ4n) is 2.07. The third kappa shape index (κ3) is 3.23. The lowest BCUT2D eigenvalue weighted by molar-refractivity contribution is 0.0386.